The van der Waals surface area contributed by atoms with Gasteiger partial charge in [-0.1, -0.05) is 56.5 Å². The smallest absolute Gasteiger partial charge is 0.270 e. The van der Waals surface area contributed by atoms with Gasteiger partial charge in [0.2, 0.25) is 0 Å². The van der Waals surface area contributed by atoms with Crippen LogP contribution in [0.2, 0.25) is 5.02 Å². The molecule has 1 aromatic rings. The van der Waals surface area contributed by atoms with E-state index in [1.807, 2.05) is 30.3 Å². The summed E-state index contributed by atoms with van der Waals surface area (Å²) in [5.41, 5.74) is 2.72. The Labute approximate surface area is 159 Å². The summed E-state index contributed by atoms with van der Waals surface area (Å²) in [6, 6.07) is 9.44. The Morgan fingerprint density at radius 2 is 1.32 bits per heavy atom. The summed E-state index contributed by atoms with van der Waals surface area (Å²) in [6.07, 6.45) is 19.3. The molecule has 0 heterocycles. The number of rotatable bonds is 2. The number of hydrogen-bond acceptors (Lipinski definition) is 0. The molecule has 22 heavy (non-hydrogen) atoms. The fourth-order valence-electron chi connectivity index (χ4n) is 1.80. The van der Waals surface area contributed by atoms with Crippen LogP contribution in [-0.2, 0) is 26.2 Å². The summed E-state index contributed by atoms with van der Waals surface area (Å²) >= 11 is 5.54. The average molecular weight is 390 g/mol. The summed E-state index contributed by atoms with van der Waals surface area (Å²) in [7, 11) is 0. The van der Waals surface area contributed by atoms with Crippen molar-refractivity contribution >= 4 is 11.6 Å². The van der Waals surface area contributed by atoms with Gasteiger partial charge in [0.25, 0.3) is 0 Å². The van der Waals surface area contributed by atoms with Crippen molar-refractivity contribution in [1.29, 1.82) is 0 Å². The first-order valence-electron chi connectivity index (χ1n) is 7.49. The standard InChI is InChI=1S/2C7H9.C6H5Cl.Zr/c2*1-2-7-5-3-4-6-7;7-6-4-2-1-3-5-6;/h2*3,5H,2,4H2,1H3;1-5H;/q2*-1;;+2. The minimum atomic E-state index is 0. The molecule has 0 saturated heterocycles. The number of hydrogen-bond donors (Lipinski definition) is 0. The third-order valence-electron chi connectivity index (χ3n) is 3.03. The molecule has 0 unspecified atom stereocenters. The Balaban J connectivity index is 0.000000294. The Hall–Kier alpha value is -0.647. The molecule has 0 fully saturated rings. The topological polar surface area (TPSA) is 0 Å². The van der Waals surface area contributed by atoms with E-state index in [1.54, 1.807) is 0 Å². The van der Waals surface area contributed by atoms with Crippen molar-refractivity contribution in [2.75, 3.05) is 0 Å². The van der Waals surface area contributed by atoms with Crippen LogP contribution in [0.3, 0.4) is 0 Å². The van der Waals surface area contributed by atoms with Crippen LogP contribution in [0, 0.1) is 12.2 Å². The molecule has 0 nitrogen and oxygen atoms in total. The van der Waals surface area contributed by atoms with Gasteiger partial charge in [-0.15, -0.1) is 12.8 Å². The second kappa shape index (κ2) is 14.0. The zero-order chi connectivity index (χ0) is 15.3. The Kier molecular flexibility index (Phi) is 13.6. The van der Waals surface area contributed by atoms with E-state index in [1.165, 1.54) is 11.1 Å². The van der Waals surface area contributed by atoms with Crippen LogP contribution in [-0.4, -0.2) is 0 Å². The zero-order valence-corrected chi connectivity index (χ0v) is 16.6. The quantitative estimate of drug-likeness (QED) is 0.505. The summed E-state index contributed by atoms with van der Waals surface area (Å²) in [4.78, 5) is 0. The van der Waals surface area contributed by atoms with E-state index in [0.29, 0.717) is 0 Å². The first-order valence-corrected chi connectivity index (χ1v) is 7.87. The number of allylic oxidation sites excluding steroid dienone is 8. The van der Waals surface area contributed by atoms with Crippen molar-refractivity contribution < 1.29 is 26.2 Å². The van der Waals surface area contributed by atoms with Crippen LogP contribution in [0.15, 0.2) is 65.8 Å². The Morgan fingerprint density at radius 3 is 1.50 bits per heavy atom. The molecule has 2 aliphatic rings. The predicted molar refractivity (Wildman–Crippen MR) is 93.1 cm³/mol. The van der Waals surface area contributed by atoms with Gasteiger partial charge in [0.15, 0.2) is 0 Å². The molecule has 0 atom stereocenters. The largest absolute Gasteiger partial charge is 2.00 e. The van der Waals surface area contributed by atoms with Gasteiger partial charge < -0.3 is 0 Å². The molecule has 0 radical (unpaired) electrons. The summed E-state index contributed by atoms with van der Waals surface area (Å²) in [5.74, 6) is 0. The van der Waals surface area contributed by atoms with Gasteiger partial charge in [-0.05, 0) is 12.1 Å². The van der Waals surface area contributed by atoms with Gasteiger partial charge in [0.1, 0.15) is 0 Å². The van der Waals surface area contributed by atoms with Crippen molar-refractivity contribution in [2.24, 2.45) is 0 Å². The van der Waals surface area contributed by atoms with Crippen molar-refractivity contribution in [2.45, 2.75) is 39.5 Å². The summed E-state index contributed by atoms with van der Waals surface area (Å²) in [5, 5.41) is 0.794. The Bertz CT molecular complexity index is 480. The monoisotopic (exact) mass is 388 g/mol. The molecule has 114 valence electrons. The normalized spacial score (nSPS) is 14.0. The number of benzene rings is 1. The summed E-state index contributed by atoms with van der Waals surface area (Å²) < 4.78 is 0. The van der Waals surface area contributed by atoms with Crippen molar-refractivity contribution in [3.63, 3.8) is 0 Å². The maximum Gasteiger partial charge on any atom is 2.00 e. The fraction of sp³-hybridized carbons (Fsp3) is 0.300. The first-order chi connectivity index (χ1) is 10.3. The molecule has 2 heteroatoms. The van der Waals surface area contributed by atoms with Crippen LogP contribution in [0.5, 0.6) is 0 Å². The van der Waals surface area contributed by atoms with Gasteiger partial charge in [-0.3, -0.25) is 12.2 Å². The van der Waals surface area contributed by atoms with Crippen molar-refractivity contribution in [3.05, 3.63) is 83.0 Å². The molecule has 0 aromatic heterocycles. The zero-order valence-electron chi connectivity index (χ0n) is 13.4. The van der Waals surface area contributed by atoms with Crippen molar-refractivity contribution in [1.82, 2.24) is 0 Å². The molecule has 0 N–H and O–H groups in total. The van der Waals surface area contributed by atoms with Gasteiger partial charge in [0, 0.05) is 5.02 Å². The number of halogens is 1. The maximum absolute atomic E-state index is 5.54. The van der Waals surface area contributed by atoms with E-state index in [9.17, 15) is 0 Å². The van der Waals surface area contributed by atoms with Crippen LogP contribution in [0.4, 0.5) is 0 Å². The third-order valence-corrected chi connectivity index (χ3v) is 3.28. The molecule has 0 aliphatic heterocycles. The van der Waals surface area contributed by atoms with Crippen LogP contribution in [0.1, 0.15) is 39.5 Å². The van der Waals surface area contributed by atoms with Gasteiger partial charge in [-0.2, -0.15) is 12.2 Å². The minimum absolute atomic E-state index is 0. The van der Waals surface area contributed by atoms with E-state index >= 15 is 0 Å². The van der Waals surface area contributed by atoms with Crippen LogP contribution < -0.4 is 0 Å². The van der Waals surface area contributed by atoms with E-state index < -0.39 is 0 Å². The molecule has 2 aliphatic carbocycles. The van der Waals surface area contributed by atoms with Crippen LogP contribution >= 0.6 is 11.6 Å². The van der Waals surface area contributed by atoms with Gasteiger partial charge in [0.05, 0.1) is 0 Å². The molecular formula is C20H23ClZr. The molecule has 1 aromatic carbocycles. The first kappa shape index (κ1) is 21.4. The Morgan fingerprint density at radius 1 is 0.864 bits per heavy atom. The van der Waals surface area contributed by atoms with Gasteiger partial charge in [-0.25, -0.2) is 23.3 Å². The SMILES string of the molecule is CCC1=[C-]CC=C1.CCC1=[C-]CC=C1.Clc1ccccc1.[Zr+2]. The van der Waals surface area contributed by atoms with Crippen LogP contribution in [0.25, 0.3) is 0 Å². The fourth-order valence-corrected chi connectivity index (χ4v) is 1.95. The second-order valence-electron chi connectivity index (χ2n) is 4.62. The summed E-state index contributed by atoms with van der Waals surface area (Å²) in [6.45, 7) is 4.30. The molecule has 3 rings (SSSR count). The molecular weight excluding hydrogens is 367 g/mol. The molecule has 0 spiro atoms. The average Bonchev–Trinajstić information content (AvgIpc) is 3.22. The van der Waals surface area contributed by atoms with E-state index in [-0.39, 0.29) is 26.2 Å². The van der Waals surface area contributed by atoms with Gasteiger partial charge >= 0.3 is 26.2 Å². The predicted octanol–water partition coefficient (Wildman–Crippen LogP) is 6.51. The second-order valence-corrected chi connectivity index (χ2v) is 5.06. The molecule has 0 amide bonds. The molecule has 0 saturated carbocycles. The van der Waals surface area contributed by atoms with E-state index in [4.69, 9.17) is 11.6 Å². The minimum Gasteiger partial charge on any atom is -0.270 e. The third kappa shape index (κ3) is 10.1. The molecule has 0 bridgehead atoms. The van der Waals surface area contributed by atoms with E-state index in [2.05, 4.69) is 50.3 Å². The van der Waals surface area contributed by atoms with Crippen molar-refractivity contribution in [3.8, 4) is 0 Å². The maximum atomic E-state index is 5.54. The van der Waals surface area contributed by atoms with E-state index in [0.717, 1.165) is 30.7 Å².